The number of nitrogens with one attached hydrogen (secondary N) is 2. The Labute approximate surface area is 136 Å². The van der Waals surface area contributed by atoms with Gasteiger partial charge in [-0.2, -0.15) is 5.26 Å². The van der Waals surface area contributed by atoms with Gasteiger partial charge in [-0.25, -0.2) is 0 Å². The molecule has 0 saturated carbocycles. The van der Waals surface area contributed by atoms with Gasteiger partial charge in [-0.3, -0.25) is 19.1 Å². The van der Waals surface area contributed by atoms with Gasteiger partial charge in [-0.15, -0.1) is 0 Å². The molecule has 9 nitrogen and oxygen atoms in total. The van der Waals surface area contributed by atoms with E-state index in [2.05, 4.69) is 9.97 Å². The molecule has 0 saturated heterocycles. The fraction of sp³-hybridized carbons (Fsp3) is 0.357. The molecule has 0 amide bonds. The van der Waals surface area contributed by atoms with Crippen molar-refractivity contribution in [3.8, 4) is 6.07 Å². The standard InChI is InChI=1S/C14H17N4O5P/c1-3-18(8(2)24(21,22)23)7-10-4-9(6-15)5-11-12(10)17-14(20)13(19)16-11/h4-5,8H,3,7H2,1-2H3,(H,16,19)(H,17,20)(H2,21,22,23). The predicted octanol–water partition coefficient (Wildman–Crippen LogP) is 0.434. The molecule has 1 atom stereocenters. The third kappa shape index (κ3) is 3.63. The molecule has 0 aliphatic carbocycles. The van der Waals surface area contributed by atoms with Crippen LogP contribution in [0.5, 0.6) is 0 Å². The molecule has 2 aromatic rings. The fourth-order valence-corrected chi connectivity index (χ4v) is 3.10. The van der Waals surface area contributed by atoms with Crippen LogP contribution in [-0.2, 0) is 11.1 Å². The van der Waals surface area contributed by atoms with Crippen LogP contribution in [-0.4, -0.2) is 37.0 Å². The molecule has 1 heterocycles. The zero-order valence-electron chi connectivity index (χ0n) is 13.1. The molecule has 0 spiro atoms. The molecule has 128 valence electrons. The smallest absolute Gasteiger partial charge is 0.323 e. The first-order valence-corrected chi connectivity index (χ1v) is 8.84. The van der Waals surface area contributed by atoms with E-state index in [1.54, 1.807) is 6.92 Å². The monoisotopic (exact) mass is 352 g/mol. The van der Waals surface area contributed by atoms with Crippen molar-refractivity contribution >= 4 is 18.6 Å². The van der Waals surface area contributed by atoms with E-state index in [4.69, 9.17) is 5.26 Å². The Morgan fingerprint density at radius 1 is 1.29 bits per heavy atom. The van der Waals surface area contributed by atoms with Crippen LogP contribution in [0.4, 0.5) is 0 Å². The molecule has 0 aliphatic heterocycles. The number of benzene rings is 1. The van der Waals surface area contributed by atoms with E-state index in [1.165, 1.54) is 24.0 Å². The van der Waals surface area contributed by atoms with Gasteiger partial charge >= 0.3 is 18.7 Å². The van der Waals surface area contributed by atoms with Gasteiger partial charge in [0, 0.05) is 6.54 Å². The molecule has 0 fully saturated rings. The van der Waals surface area contributed by atoms with Crippen LogP contribution < -0.4 is 11.1 Å². The number of aromatic nitrogens is 2. The van der Waals surface area contributed by atoms with Crippen molar-refractivity contribution in [2.24, 2.45) is 0 Å². The molecule has 24 heavy (non-hydrogen) atoms. The topological polar surface area (TPSA) is 150 Å². The van der Waals surface area contributed by atoms with E-state index in [9.17, 15) is 23.9 Å². The van der Waals surface area contributed by atoms with E-state index in [1.807, 2.05) is 6.07 Å². The van der Waals surface area contributed by atoms with E-state index < -0.39 is 24.5 Å². The summed E-state index contributed by atoms with van der Waals surface area (Å²) in [7, 11) is -4.33. The van der Waals surface area contributed by atoms with Gasteiger partial charge in [0.2, 0.25) is 0 Å². The number of rotatable bonds is 5. The Morgan fingerprint density at radius 3 is 2.46 bits per heavy atom. The number of fused-ring (bicyclic) bond motifs is 1. The summed E-state index contributed by atoms with van der Waals surface area (Å²) in [5.41, 5.74) is -0.304. The summed E-state index contributed by atoms with van der Waals surface area (Å²) in [4.78, 5) is 48.2. The first kappa shape index (κ1) is 18.1. The van der Waals surface area contributed by atoms with Gasteiger partial charge in [0.15, 0.2) is 0 Å². The van der Waals surface area contributed by atoms with Crippen LogP contribution in [0.3, 0.4) is 0 Å². The largest absolute Gasteiger partial charge is 0.342 e. The lowest BCUT2D eigenvalue weighted by molar-refractivity contribution is 0.226. The van der Waals surface area contributed by atoms with Crippen molar-refractivity contribution in [2.45, 2.75) is 26.2 Å². The van der Waals surface area contributed by atoms with Crippen molar-refractivity contribution < 1.29 is 14.4 Å². The van der Waals surface area contributed by atoms with E-state index in [-0.39, 0.29) is 17.6 Å². The molecule has 0 aliphatic rings. The number of H-pyrrole nitrogens is 2. The quantitative estimate of drug-likeness (QED) is 0.450. The van der Waals surface area contributed by atoms with Gasteiger partial charge < -0.3 is 19.8 Å². The zero-order valence-corrected chi connectivity index (χ0v) is 14.0. The highest BCUT2D eigenvalue weighted by Gasteiger charge is 2.29. The SMILES string of the molecule is CCN(Cc1cc(C#N)cc2[nH]c(=O)c(=O)[nH]c12)C(C)P(=O)(O)O. The Hall–Kier alpha value is -2.24. The summed E-state index contributed by atoms with van der Waals surface area (Å²) >= 11 is 0. The third-order valence-electron chi connectivity index (χ3n) is 3.84. The lowest BCUT2D eigenvalue weighted by Crippen LogP contribution is -2.33. The molecular formula is C14H17N4O5P. The number of hydrogen-bond acceptors (Lipinski definition) is 5. The Kier molecular flexibility index (Phi) is 5.06. The molecule has 10 heteroatoms. The summed E-state index contributed by atoms with van der Waals surface area (Å²) in [5.74, 6) is -1.03. The Bertz CT molecular complexity index is 968. The van der Waals surface area contributed by atoms with Gasteiger partial charge in [0.1, 0.15) is 5.78 Å². The van der Waals surface area contributed by atoms with Crippen LogP contribution in [0.2, 0.25) is 0 Å². The first-order valence-electron chi connectivity index (χ1n) is 7.16. The van der Waals surface area contributed by atoms with Gasteiger partial charge in [0.25, 0.3) is 0 Å². The fourth-order valence-electron chi connectivity index (χ4n) is 2.43. The minimum atomic E-state index is -4.33. The van der Waals surface area contributed by atoms with Crippen LogP contribution in [0, 0.1) is 11.3 Å². The molecule has 4 N–H and O–H groups in total. The van der Waals surface area contributed by atoms with Crippen LogP contribution in [0.1, 0.15) is 25.0 Å². The second-order valence-corrected chi connectivity index (χ2v) is 7.29. The molecule has 0 radical (unpaired) electrons. The van der Waals surface area contributed by atoms with Crippen molar-refractivity contribution in [1.29, 1.82) is 5.26 Å². The van der Waals surface area contributed by atoms with Crippen LogP contribution in [0.15, 0.2) is 21.7 Å². The van der Waals surface area contributed by atoms with Crippen molar-refractivity contribution in [1.82, 2.24) is 14.9 Å². The zero-order chi connectivity index (χ0) is 18.1. The van der Waals surface area contributed by atoms with Gasteiger partial charge in [-0.1, -0.05) is 6.92 Å². The highest BCUT2D eigenvalue weighted by Crippen LogP contribution is 2.43. The average molecular weight is 352 g/mol. The molecule has 1 aromatic heterocycles. The summed E-state index contributed by atoms with van der Waals surface area (Å²) in [6.45, 7) is 3.59. The summed E-state index contributed by atoms with van der Waals surface area (Å²) < 4.78 is 11.5. The van der Waals surface area contributed by atoms with E-state index in [0.717, 1.165) is 0 Å². The molecule has 1 unspecified atom stereocenters. The maximum absolute atomic E-state index is 11.6. The van der Waals surface area contributed by atoms with Crippen molar-refractivity contribution in [2.75, 3.05) is 6.54 Å². The predicted molar refractivity (Wildman–Crippen MR) is 87.5 cm³/mol. The van der Waals surface area contributed by atoms with Crippen molar-refractivity contribution in [3.05, 3.63) is 44.0 Å². The second kappa shape index (κ2) is 6.71. The summed E-state index contributed by atoms with van der Waals surface area (Å²) in [5, 5.41) is 9.12. The summed E-state index contributed by atoms with van der Waals surface area (Å²) in [6, 6.07) is 4.91. The first-order chi connectivity index (χ1) is 11.2. The normalized spacial score (nSPS) is 13.2. The van der Waals surface area contributed by atoms with Gasteiger partial charge in [0.05, 0.1) is 22.7 Å². The van der Waals surface area contributed by atoms with Gasteiger partial charge in [-0.05, 0) is 31.2 Å². The summed E-state index contributed by atoms with van der Waals surface area (Å²) in [6.07, 6.45) is 0. The minimum absolute atomic E-state index is 0.0940. The number of nitriles is 1. The van der Waals surface area contributed by atoms with E-state index in [0.29, 0.717) is 17.6 Å². The number of aromatic amines is 2. The maximum Gasteiger partial charge on any atom is 0.342 e. The molecule has 0 bridgehead atoms. The average Bonchev–Trinajstić information content (AvgIpc) is 2.52. The minimum Gasteiger partial charge on any atom is -0.323 e. The highest BCUT2D eigenvalue weighted by molar-refractivity contribution is 7.52. The number of nitrogens with zero attached hydrogens (tertiary/aromatic N) is 2. The van der Waals surface area contributed by atoms with Crippen LogP contribution >= 0.6 is 7.60 Å². The molecule has 1 aromatic carbocycles. The maximum atomic E-state index is 11.6. The molecule has 2 rings (SSSR count). The highest BCUT2D eigenvalue weighted by atomic mass is 31.2. The lowest BCUT2D eigenvalue weighted by Gasteiger charge is -2.28. The lowest BCUT2D eigenvalue weighted by atomic mass is 10.1. The molecular weight excluding hydrogens is 335 g/mol. The number of hydrogen-bond donors (Lipinski definition) is 4. The third-order valence-corrected chi connectivity index (χ3v) is 5.14. The Morgan fingerprint density at radius 2 is 1.92 bits per heavy atom. The van der Waals surface area contributed by atoms with Crippen molar-refractivity contribution in [3.63, 3.8) is 0 Å². The van der Waals surface area contributed by atoms with Crippen LogP contribution in [0.25, 0.3) is 11.0 Å². The van der Waals surface area contributed by atoms with E-state index >= 15 is 0 Å². The second-order valence-electron chi connectivity index (χ2n) is 5.36. The Balaban J connectivity index is 2.60.